The van der Waals surface area contributed by atoms with Gasteiger partial charge in [-0.05, 0) is 36.5 Å². The van der Waals surface area contributed by atoms with E-state index in [2.05, 4.69) is 42.6 Å². The number of carbonyl (C=O) groups excluding carboxylic acids is 1. The fraction of sp³-hybridized carbons (Fsp3) is 0.381. The summed E-state index contributed by atoms with van der Waals surface area (Å²) in [5.74, 6) is 0.853. The van der Waals surface area contributed by atoms with E-state index < -0.39 is 0 Å². The molecule has 2 aromatic carbocycles. The summed E-state index contributed by atoms with van der Waals surface area (Å²) in [7, 11) is 0. The van der Waals surface area contributed by atoms with Crippen LogP contribution in [0.25, 0.3) is 0 Å². The third kappa shape index (κ3) is 4.68. The highest BCUT2D eigenvalue weighted by Gasteiger charge is 2.22. The second-order valence-electron chi connectivity index (χ2n) is 7.00. The molecule has 1 amide bonds. The van der Waals surface area contributed by atoms with E-state index in [1.807, 2.05) is 24.3 Å². The number of para-hydroxylation sites is 1. The Morgan fingerprint density at radius 1 is 1.12 bits per heavy atom. The Morgan fingerprint density at radius 2 is 1.88 bits per heavy atom. The highest BCUT2D eigenvalue weighted by Crippen LogP contribution is 2.19. The van der Waals surface area contributed by atoms with Crippen molar-refractivity contribution in [2.45, 2.75) is 26.2 Å². The molecule has 1 aliphatic heterocycles. The molecule has 0 aromatic heterocycles. The maximum Gasteiger partial charge on any atom is 0.279 e. The second kappa shape index (κ2) is 8.11. The van der Waals surface area contributed by atoms with Gasteiger partial charge < -0.3 is 10.2 Å². The molecule has 0 aliphatic carbocycles. The van der Waals surface area contributed by atoms with Gasteiger partial charge in [-0.25, -0.2) is 0 Å². The zero-order valence-electron chi connectivity index (χ0n) is 14.4. The molecular formula is C21H27N2O+. The van der Waals surface area contributed by atoms with Crippen molar-refractivity contribution >= 4 is 11.6 Å². The third-order valence-corrected chi connectivity index (χ3v) is 4.80. The lowest BCUT2D eigenvalue weighted by atomic mass is 10.0. The summed E-state index contributed by atoms with van der Waals surface area (Å²) in [5, 5.41) is 3.13. The van der Waals surface area contributed by atoms with Crippen LogP contribution in [0.2, 0.25) is 0 Å². The van der Waals surface area contributed by atoms with Crippen molar-refractivity contribution in [2.75, 3.05) is 25.0 Å². The van der Waals surface area contributed by atoms with E-state index >= 15 is 0 Å². The van der Waals surface area contributed by atoms with Gasteiger partial charge in [-0.2, -0.15) is 0 Å². The van der Waals surface area contributed by atoms with Gasteiger partial charge in [0.15, 0.2) is 6.54 Å². The standard InChI is InChI=1S/C21H26N2O/c1-17-8-7-13-23(15-17)16-21(24)22-20-12-6-5-11-19(20)14-18-9-3-2-4-10-18/h2-6,9-12,17H,7-8,13-16H2,1H3,(H,22,24)/p+1/t17-/m1/s1. The normalized spacial score (nSPS) is 20.5. The van der Waals surface area contributed by atoms with Crippen LogP contribution >= 0.6 is 0 Å². The number of likely N-dealkylation sites (tertiary alicyclic amines) is 1. The van der Waals surface area contributed by atoms with Crippen LogP contribution in [0.3, 0.4) is 0 Å². The molecule has 1 fully saturated rings. The quantitative estimate of drug-likeness (QED) is 0.871. The summed E-state index contributed by atoms with van der Waals surface area (Å²) in [5.41, 5.74) is 3.37. The number of hydrogen-bond donors (Lipinski definition) is 2. The van der Waals surface area contributed by atoms with Gasteiger partial charge in [0.05, 0.1) is 13.1 Å². The first-order valence-electron chi connectivity index (χ1n) is 8.96. The first kappa shape index (κ1) is 16.7. The molecule has 2 atom stereocenters. The summed E-state index contributed by atoms with van der Waals surface area (Å²) in [4.78, 5) is 13.9. The fourth-order valence-corrected chi connectivity index (χ4v) is 3.59. The first-order chi connectivity index (χ1) is 11.7. The Kier molecular flexibility index (Phi) is 5.65. The molecule has 1 heterocycles. The van der Waals surface area contributed by atoms with Crippen LogP contribution in [-0.2, 0) is 11.2 Å². The minimum Gasteiger partial charge on any atom is -0.327 e. The predicted octanol–water partition coefficient (Wildman–Crippen LogP) is 2.53. The highest BCUT2D eigenvalue weighted by atomic mass is 16.2. The Hall–Kier alpha value is -2.13. The van der Waals surface area contributed by atoms with Gasteiger partial charge >= 0.3 is 0 Å². The number of hydrogen-bond acceptors (Lipinski definition) is 1. The molecule has 3 nitrogen and oxygen atoms in total. The molecule has 0 saturated carbocycles. The van der Waals surface area contributed by atoms with Gasteiger partial charge in [0, 0.05) is 11.6 Å². The van der Waals surface area contributed by atoms with E-state index in [-0.39, 0.29) is 5.91 Å². The Balaban J connectivity index is 1.63. The molecule has 2 aromatic rings. The largest absolute Gasteiger partial charge is 0.327 e. The summed E-state index contributed by atoms with van der Waals surface area (Å²) >= 11 is 0. The van der Waals surface area contributed by atoms with Gasteiger partial charge in [-0.3, -0.25) is 4.79 Å². The lowest BCUT2D eigenvalue weighted by Crippen LogP contribution is -3.14. The van der Waals surface area contributed by atoms with Crippen LogP contribution in [0.15, 0.2) is 54.6 Å². The van der Waals surface area contributed by atoms with Crippen LogP contribution in [-0.4, -0.2) is 25.5 Å². The molecule has 24 heavy (non-hydrogen) atoms. The third-order valence-electron chi connectivity index (χ3n) is 4.80. The molecule has 0 spiro atoms. The van der Waals surface area contributed by atoms with Crippen molar-refractivity contribution in [3.8, 4) is 0 Å². The fourth-order valence-electron chi connectivity index (χ4n) is 3.59. The monoisotopic (exact) mass is 323 g/mol. The summed E-state index contributed by atoms with van der Waals surface area (Å²) < 4.78 is 0. The van der Waals surface area contributed by atoms with Gasteiger partial charge in [0.2, 0.25) is 0 Å². The lowest BCUT2D eigenvalue weighted by Gasteiger charge is -2.27. The predicted molar refractivity (Wildman–Crippen MR) is 98.3 cm³/mol. The Morgan fingerprint density at radius 3 is 2.67 bits per heavy atom. The van der Waals surface area contributed by atoms with Gasteiger partial charge in [0.1, 0.15) is 0 Å². The average Bonchev–Trinajstić information content (AvgIpc) is 2.57. The Labute approximate surface area is 144 Å². The molecule has 1 saturated heterocycles. The molecule has 1 unspecified atom stereocenters. The molecule has 0 radical (unpaired) electrons. The molecule has 3 rings (SSSR count). The van der Waals surface area contributed by atoms with Gasteiger partial charge in [0.25, 0.3) is 5.91 Å². The number of nitrogens with one attached hydrogen (secondary N) is 2. The molecule has 0 bridgehead atoms. The number of piperidine rings is 1. The Bertz CT molecular complexity index is 669. The number of anilines is 1. The zero-order valence-corrected chi connectivity index (χ0v) is 14.4. The molecular weight excluding hydrogens is 296 g/mol. The van der Waals surface area contributed by atoms with Gasteiger partial charge in [-0.15, -0.1) is 0 Å². The summed E-state index contributed by atoms with van der Waals surface area (Å²) in [6, 6.07) is 18.5. The first-order valence-corrected chi connectivity index (χ1v) is 8.96. The van der Waals surface area contributed by atoms with E-state index in [1.54, 1.807) is 0 Å². The number of rotatable bonds is 5. The van der Waals surface area contributed by atoms with Crippen molar-refractivity contribution in [1.29, 1.82) is 0 Å². The number of quaternary nitrogens is 1. The molecule has 1 aliphatic rings. The maximum atomic E-state index is 12.5. The van der Waals surface area contributed by atoms with Crippen molar-refractivity contribution in [2.24, 2.45) is 5.92 Å². The number of amides is 1. The minimum atomic E-state index is 0.125. The number of benzene rings is 2. The van der Waals surface area contributed by atoms with Crippen molar-refractivity contribution in [3.63, 3.8) is 0 Å². The maximum absolute atomic E-state index is 12.5. The SMILES string of the molecule is C[C@@H]1CCC[NH+](CC(=O)Nc2ccccc2Cc2ccccc2)C1. The van der Waals surface area contributed by atoms with Crippen LogP contribution in [0.5, 0.6) is 0 Å². The average molecular weight is 323 g/mol. The summed E-state index contributed by atoms with van der Waals surface area (Å²) in [6.45, 7) is 5.08. The summed E-state index contributed by atoms with van der Waals surface area (Å²) in [6.07, 6.45) is 3.37. The molecule has 126 valence electrons. The van der Waals surface area contributed by atoms with E-state index in [0.29, 0.717) is 6.54 Å². The van der Waals surface area contributed by atoms with Gasteiger partial charge in [-0.1, -0.05) is 55.5 Å². The van der Waals surface area contributed by atoms with Crippen molar-refractivity contribution < 1.29 is 9.69 Å². The van der Waals surface area contributed by atoms with Crippen molar-refractivity contribution in [3.05, 3.63) is 65.7 Å². The van der Waals surface area contributed by atoms with Crippen LogP contribution in [0.1, 0.15) is 30.9 Å². The smallest absolute Gasteiger partial charge is 0.279 e. The van der Waals surface area contributed by atoms with E-state index in [1.165, 1.54) is 28.9 Å². The topological polar surface area (TPSA) is 33.5 Å². The lowest BCUT2D eigenvalue weighted by molar-refractivity contribution is -0.900. The zero-order chi connectivity index (χ0) is 16.8. The van der Waals surface area contributed by atoms with E-state index in [0.717, 1.165) is 31.1 Å². The number of carbonyl (C=O) groups is 1. The van der Waals surface area contributed by atoms with Crippen LogP contribution in [0.4, 0.5) is 5.69 Å². The minimum absolute atomic E-state index is 0.125. The molecule has 3 heteroatoms. The molecule has 2 N–H and O–H groups in total. The highest BCUT2D eigenvalue weighted by molar-refractivity contribution is 5.92. The van der Waals surface area contributed by atoms with E-state index in [4.69, 9.17) is 0 Å². The van der Waals surface area contributed by atoms with Crippen LogP contribution in [0, 0.1) is 5.92 Å². The second-order valence-corrected chi connectivity index (χ2v) is 7.00. The van der Waals surface area contributed by atoms with E-state index in [9.17, 15) is 4.79 Å². The van der Waals surface area contributed by atoms with Crippen LogP contribution < -0.4 is 10.2 Å². The van der Waals surface area contributed by atoms with Crippen molar-refractivity contribution in [1.82, 2.24) is 0 Å².